The molecular weight excluding hydrogens is 435 g/mol. The third-order valence-electron chi connectivity index (χ3n) is 4.59. The second kappa shape index (κ2) is 9.69. The molecule has 0 radical (unpaired) electrons. The number of carbonyl (C=O) groups is 1. The first-order chi connectivity index (χ1) is 13.8. The average Bonchev–Trinajstić information content (AvgIpc) is 2.66. The summed E-state index contributed by atoms with van der Waals surface area (Å²) >= 11 is 11.8. The van der Waals surface area contributed by atoms with E-state index in [1.807, 2.05) is 0 Å². The topological polar surface area (TPSA) is 84.5 Å². The molecule has 6 nitrogen and oxygen atoms in total. The molecule has 1 saturated carbocycles. The van der Waals surface area contributed by atoms with Crippen molar-refractivity contribution < 1.29 is 17.9 Å². The molecule has 2 aromatic rings. The summed E-state index contributed by atoms with van der Waals surface area (Å²) in [5.74, 6) is 0.238. The predicted molar refractivity (Wildman–Crippen MR) is 114 cm³/mol. The maximum absolute atomic E-state index is 12.5. The van der Waals surface area contributed by atoms with E-state index in [9.17, 15) is 13.2 Å². The van der Waals surface area contributed by atoms with Crippen LogP contribution < -0.4 is 14.8 Å². The van der Waals surface area contributed by atoms with Gasteiger partial charge in [0.15, 0.2) is 6.61 Å². The summed E-state index contributed by atoms with van der Waals surface area (Å²) in [5.41, 5.74) is 0.266. The van der Waals surface area contributed by atoms with Crippen molar-refractivity contribution in [2.24, 2.45) is 0 Å². The highest BCUT2D eigenvalue weighted by Crippen LogP contribution is 2.25. The van der Waals surface area contributed by atoms with Gasteiger partial charge in [0, 0.05) is 16.1 Å². The van der Waals surface area contributed by atoms with Gasteiger partial charge in [0.05, 0.1) is 10.6 Å². The van der Waals surface area contributed by atoms with Gasteiger partial charge in [0.2, 0.25) is 0 Å². The summed E-state index contributed by atoms with van der Waals surface area (Å²) in [4.78, 5) is 12.1. The zero-order valence-corrected chi connectivity index (χ0v) is 18.0. The third-order valence-corrected chi connectivity index (χ3v) is 6.42. The van der Waals surface area contributed by atoms with Gasteiger partial charge in [-0.15, -0.1) is 0 Å². The lowest BCUT2D eigenvalue weighted by Gasteiger charge is -2.22. The molecule has 0 heterocycles. The van der Waals surface area contributed by atoms with E-state index in [0.29, 0.717) is 15.8 Å². The molecule has 2 aromatic carbocycles. The van der Waals surface area contributed by atoms with Gasteiger partial charge < -0.3 is 10.1 Å². The SMILES string of the molecule is O=C(COc1ccc(S(=O)(=O)Nc2cc(Cl)cc(Cl)c2)cc1)NC1CCCCC1. The number of rotatable bonds is 7. The first-order valence-corrected chi connectivity index (χ1v) is 11.6. The smallest absolute Gasteiger partial charge is 0.261 e. The summed E-state index contributed by atoms with van der Waals surface area (Å²) in [6, 6.07) is 10.5. The molecule has 9 heteroatoms. The van der Waals surface area contributed by atoms with Crippen LogP contribution in [0.25, 0.3) is 0 Å². The first kappa shape index (κ1) is 21.7. The van der Waals surface area contributed by atoms with E-state index in [1.165, 1.54) is 48.9 Å². The Bertz CT molecular complexity index is 939. The van der Waals surface area contributed by atoms with Crippen molar-refractivity contribution in [1.82, 2.24) is 5.32 Å². The highest BCUT2D eigenvalue weighted by molar-refractivity contribution is 7.92. The monoisotopic (exact) mass is 456 g/mol. The fourth-order valence-corrected chi connectivity index (χ4v) is 4.77. The minimum absolute atomic E-state index is 0.0487. The van der Waals surface area contributed by atoms with E-state index >= 15 is 0 Å². The Balaban J connectivity index is 1.56. The molecule has 0 aromatic heterocycles. The summed E-state index contributed by atoms with van der Waals surface area (Å²) in [6.07, 6.45) is 5.50. The van der Waals surface area contributed by atoms with E-state index in [2.05, 4.69) is 10.0 Å². The minimum Gasteiger partial charge on any atom is -0.484 e. The molecule has 0 saturated heterocycles. The molecule has 3 rings (SSSR count). The lowest BCUT2D eigenvalue weighted by molar-refractivity contribution is -0.124. The number of benzene rings is 2. The molecule has 29 heavy (non-hydrogen) atoms. The lowest BCUT2D eigenvalue weighted by atomic mass is 9.95. The molecule has 0 bridgehead atoms. The number of halogens is 2. The van der Waals surface area contributed by atoms with Crippen molar-refractivity contribution >= 4 is 44.8 Å². The largest absolute Gasteiger partial charge is 0.484 e. The summed E-state index contributed by atoms with van der Waals surface area (Å²) in [7, 11) is -3.82. The van der Waals surface area contributed by atoms with Crippen molar-refractivity contribution in [1.29, 1.82) is 0 Å². The molecule has 0 atom stereocenters. The van der Waals surface area contributed by atoms with Crippen LogP contribution in [-0.4, -0.2) is 27.0 Å². The molecule has 1 fully saturated rings. The number of hydrogen-bond donors (Lipinski definition) is 2. The number of sulfonamides is 1. The van der Waals surface area contributed by atoms with Gasteiger partial charge in [0.25, 0.3) is 15.9 Å². The van der Waals surface area contributed by atoms with E-state index in [0.717, 1.165) is 25.7 Å². The highest BCUT2D eigenvalue weighted by atomic mass is 35.5. The number of nitrogens with one attached hydrogen (secondary N) is 2. The van der Waals surface area contributed by atoms with Crippen LogP contribution in [0.4, 0.5) is 5.69 Å². The van der Waals surface area contributed by atoms with Crippen molar-refractivity contribution in [2.75, 3.05) is 11.3 Å². The average molecular weight is 457 g/mol. The summed E-state index contributed by atoms with van der Waals surface area (Å²) in [6.45, 7) is -0.109. The number of ether oxygens (including phenoxy) is 1. The van der Waals surface area contributed by atoms with Gasteiger partial charge >= 0.3 is 0 Å². The van der Waals surface area contributed by atoms with Crippen LogP contribution in [0.15, 0.2) is 47.4 Å². The maximum atomic E-state index is 12.5. The second-order valence-electron chi connectivity index (χ2n) is 6.93. The van der Waals surface area contributed by atoms with Crippen LogP contribution in [0, 0.1) is 0 Å². The molecule has 2 N–H and O–H groups in total. The Morgan fingerprint density at radius 1 is 1.00 bits per heavy atom. The Kier molecular flexibility index (Phi) is 7.27. The van der Waals surface area contributed by atoms with Gasteiger partial charge in [-0.3, -0.25) is 9.52 Å². The van der Waals surface area contributed by atoms with E-state index in [1.54, 1.807) is 0 Å². The van der Waals surface area contributed by atoms with E-state index in [4.69, 9.17) is 27.9 Å². The zero-order valence-electron chi connectivity index (χ0n) is 15.7. The molecule has 156 valence electrons. The maximum Gasteiger partial charge on any atom is 0.261 e. The Labute approximate surface area is 180 Å². The quantitative estimate of drug-likeness (QED) is 0.636. The van der Waals surface area contributed by atoms with Crippen molar-refractivity contribution in [2.45, 2.75) is 43.0 Å². The Morgan fingerprint density at radius 2 is 1.62 bits per heavy atom. The number of hydrogen-bond acceptors (Lipinski definition) is 4. The third kappa shape index (κ3) is 6.52. The van der Waals surface area contributed by atoms with Crippen LogP contribution in [0.1, 0.15) is 32.1 Å². The lowest BCUT2D eigenvalue weighted by Crippen LogP contribution is -2.38. The van der Waals surface area contributed by atoms with Crippen LogP contribution >= 0.6 is 23.2 Å². The second-order valence-corrected chi connectivity index (χ2v) is 9.48. The van der Waals surface area contributed by atoms with Crippen LogP contribution in [0.2, 0.25) is 10.0 Å². The predicted octanol–water partition coefficient (Wildman–Crippen LogP) is 4.62. The van der Waals surface area contributed by atoms with Crippen molar-refractivity contribution in [3.05, 3.63) is 52.5 Å². The van der Waals surface area contributed by atoms with Gasteiger partial charge in [-0.2, -0.15) is 0 Å². The van der Waals surface area contributed by atoms with Crippen LogP contribution in [0.3, 0.4) is 0 Å². The van der Waals surface area contributed by atoms with Gasteiger partial charge in [0.1, 0.15) is 5.75 Å². The normalized spacial score (nSPS) is 15.0. The molecule has 0 unspecified atom stereocenters. The summed E-state index contributed by atoms with van der Waals surface area (Å²) in [5, 5.41) is 3.62. The van der Waals surface area contributed by atoms with Gasteiger partial charge in [-0.25, -0.2) is 8.42 Å². The summed E-state index contributed by atoms with van der Waals surface area (Å²) < 4.78 is 32.9. The standard InChI is InChI=1S/C20H22Cl2N2O4S/c21-14-10-15(22)12-17(11-14)24-29(26,27)19-8-6-18(7-9-19)28-13-20(25)23-16-4-2-1-3-5-16/h6-12,16,24H,1-5,13H2,(H,23,25). The molecule has 1 aliphatic rings. The Morgan fingerprint density at radius 3 is 2.24 bits per heavy atom. The minimum atomic E-state index is -3.82. The molecule has 0 spiro atoms. The van der Waals surface area contributed by atoms with Gasteiger partial charge in [-0.1, -0.05) is 42.5 Å². The fourth-order valence-electron chi connectivity index (χ4n) is 3.21. The fraction of sp³-hybridized carbons (Fsp3) is 0.350. The van der Waals surface area contributed by atoms with E-state index < -0.39 is 10.0 Å². The molecular formula is C20H22Cl2N2O4S. The van der Waals surface area contributed by atoms with Crippen molar-refractivity contribution in [3.8, 4) is 5.75 Å². The Hall–Kier alpha value is -1.96. The van der Waals surface area contributed by atoms with Crippen molar-refractivity contribution in [3.63, 3.8) is 0 Å². The highest BCUT2D eigenvalue weighted by Gasteiger charge is 2.17. The number of anilines is 1. The first-order valence-electron chi connectivity index (χ1n) is 9.33. The zero-order chi connectivity index (χ0) is 20.9. The molecule has 1 amide bonds. The molecule has 0 aliphatic heterocycles. The van der Waals surface area contributed by atoms with E-state index in [-0.39, 0.29) is 29.1 Å². The number of carbonyl (C=O) groups excluding carboxylic acids is 1. The van der Waals surface area contributed by atoms with Gasteiger partial charge in [-0.05, 0) is 55.3 Å². The number of amides is 1. The van der Waals surface area contributed by atoms with Crippen LogP contribution in [-0.2, 0) is 14.8 Å². The van der Waals surface area contributed by atoms with Crippen LogP contribution in [0.5, 0.6) is 5.75 Å². The molecule has 1 aliphatic carbocycles.